The number of ether oxygens (including phenoxy) is 3. The molecule has 1 N–H and O–H groups in total. The molecule has 0 aromatic heterocycles. The normalized spacial score (nSPS) is 19.3. The highest BCUT2D eigenvalue weighted by Gasteiger charge is 2.28. The molecular formula is C23H34N4O5. The lowest BCUT2D eigenvalue weighted by Gasteiger charge is -2.36. The van der Waals surface area contributed by atoms with E-state index in [1.165, 1.54) is 0 Å². The summed E-state index contributed by atoms with van der Waals surface area (Å²) in [7, 11) is 1.60. The fourth-order valence-electron chi connectivity index (χ4n) is 3.81. The maximum Gasteiger partial charge on any atom is 0.317 e. The van der Waals surface area contributed by atoms with Gasteiger partial charge in [-0.25, -0.2) is 4.79 Å². The highest BCUT2D eigenvalue weighted by atomic mass is 16.5. The Morgan fingerprint density at radius 1 is 1.22 bits per heavy atom. The molecule has 9 nitrogen and oxygen atoms in total. The van der Waals surface area contributed by atoms with Gasteiger partial charge in [0.1, 0.15) is 5.75 Å². The first-order chi connectivity index (χ1) is 15.6. The quantitative estimate of drug-likeness (QED) is 0.572. The van der Waals surface area contributed by atoms with Gasteiger partial charge in [-0.1, -0.05) is 6.08 Å². The second-order valence-corrected chi connectivity index (χ2v) is 7.85. The largest absolute Gasteiger partial charge is 0.497 e. The lowest BCUT2D eigenvalue weighted by atomic mass is 10.1. The summed E-state index contributed by atoms with van der Waals surface area (Å²) in [6.45, 7) is 10.4. The van der Waals surface area contributed by atoms with Gasteiger partial charge in [0.2, 0.25) is 0 Å². The van der Waals surface area contributed by atoms with Gasteiger partial charge >= 0.3 is 6.03 Å². The van der Waals surface area contributed by atoms with Crippen LogP contribution < -0.4 is 10.1 Å². The molecule has 0 saturated carbocycles. The summed E-state index contributed by atoms with van der Waals surface area (Å²) in [5.74, 6) is 0.649. The molecule has 0 spiro atoms. The summed E-state index contributed by atoms with van der Waals surface area (Å²) in [6, 6.07) is 6.99. The molecule has 0 aliphatic carbocycles. The van der Waals surface area contributed by atoms with Crippen molar-refractivity contribution in [3.05, 3.63) is 42.5 Å². The van der Waals surface area contributed by atoms with Crippen LogP contribution in [0.15, 0.2) is 36.9 Å². The van der Waals surface area contributed by atoms with E-state index in [1.54, 1.807) is 42.4 Å². The fraction of sp³-hybridized carbons (Fsp3) is 0.565. The molecule has 0 unspecified atom stereocenters. The molecule has 3 amide bonds. The van der Waals surface area contributed by atoms with Gasteiger partial charge < -0.3 is 29.3 Å². The number of hydrogen-bond donors (Lipinski definition) is 1. The molecule has 2 saturated heterocycles. The van der Waals surface area contributed by atoms with Crippen LogP contribution in [-0.2, 0) is 9.47 Å². The minimum absolute atomic E-state index is 0.0576. The number of nitrogens with one attached hydrogen (secondary N) is 1. The van der Waals surface area contributed by atoms with E-state index in [1.807, 2.05) is 4.90 Å². The van der Waals surface area contributed by atoms with Crippen molar-refractivity contribution in [2.24, 2.45) is 0 Å². The molecule has 9 heteroatoms. The smallest absolute Gasteiger partial charge is 0.317 e. The number of carbonyl (C=O) groups excluding carboxylic acids is 2. The predicted molar refractivity (Wildman–Crippen MR) is 121 cm³/mol. The van der Waals surface area contributed by atoms with E-state index in [2.05, 4.69) is 16.8 Å². The van der Waals surface area contributed by atoms with Crippen molar-refractivity contribution in [1.82, 2.24) is 20.0 Å². The van der Waals surface area contributed by atoms with Crippen LogP contribution in [0.4, 0.5) is 4.79 Å². The van der Waals surface area contributed by atoms with Crippen LogP contribution in [0.3, 0.4) is 0 Å². The van der Waals surface area contributed by atoms with Crippen molar-refractivity contribution in [3.63, 3.8) is 0 Å². The van der Waals surface area contributed by atoms with Gasteiger partial charge in [-0.3, -0.25) is 9.69 Å². The Kier molecular flexibility index (Phi) is 9.33. The second-order valence-electron chi connectivity index (χ2n) is 7.85. The summed E-state index contributed by atoms with van der Waals surface area (Å²) in [5, 5.41) is 2.81. The molecule has 176 valence electrons. The van der Waals surface area contributed by atoms with Crippen molar-refractivity contribution in [2.75, 3.05) is 79.3 Å². The Labute approximate surface area is 189 Å². The zero-order valence-electron chi connectivity index (χ0n) is 18.8. The van der Waals surface area contributed by atoms with Gasteiger partial charge in [0.05, 0.1) is 39.6 Å². The number of amides is 3. The van der Waals surface area contributed by atoms with Crippen molar-refractivity contribution >= 4 is 11.9 Å². The third kappa shape index (κ3) is 6.94. The third-order valence-electron chi connectivity index (χ3n) is 5.66. The molecule has 1 aromatic carbocycles. The molecule has 2 aliphatic rings. The van der Waals surface area contributed by atoms with Crippen LogP contribution in [0.2, 0.25) is 0 Å². The number of benzene rings is 1. The van der Waals surface area contributed by atoms with Crippen LogP contribution in [0, 0.1) is 0 Å². The molecule has 2 heterocycles. The highest BCUT2D eigenvalue weighted by molar-refractivity contribution is 5.94. The fourth-order valence-corrected chi connectivity index (χ4v) is 3.81. The van der Waals surface area contributed by atoms with Crippen molar-refractivity contribution < 1.29 is 23.8 Å². The minimum Gasteiger partial charge on any atom is -0.497 e. The molecule has 0 bridgehead atoms. The van der Waals surface area contributed by atoms with Crippen LogP contribution in [0.25, 0.3) is 0 Å². The maximum absolute atomic E-state index is 13.3. The SMILES string of the molecule is C=CCNC(=O)N1CCO[C@@H](CN(CCN2CCOCC2)C(=O)c2ccc(OC)cc2)C1. The molecule has 3 rings (SSSR count). The number of nitrogens with zero attached hydrogens (tertiary/aromatic N) is 3. The molecule has 32 heavy (non-hydrogen) atoms. The van der Waals surface area contributed by atoms with Crippen molar-refractivity contribution in [3.8, 4) is 5.75 Å². The number of rotatable bonds is 9. The van der Waals surface area contributed by atoms with Gasteiger partial charge in [0.15, 0.2) is 0 Å². The Bertz CT molecular complexity index is 751. The standard InChI is InChI=1S/C23H34N4O5/c1-3-8-24-23(29)27-13-16-32-21(18-27)17-26(10-9-25-11-14-31-15-12-25)22(28)19-4-6-20(30-2)7-5-19/h3-7,21H,1,8-18H2,2H3,(H,24,29)/t21-/m0/s1. The van der Waals surface area contributed by atoms with Gasteiger partial charge in [-0.05, 0) is 24.3 Å². The number of carbonyl (C=O) groups is 2. The van der Waals surface area contributed by atoms with E-state index >= 15 is 0 Å². The molecule has 1 aromatic rings. The molecule has 1 atom stereocenters. The summed E-state index contributed by atoms with van der Waals surface area (Å²) >= 11 is 0. The van der Waals surface area contributed by atoms with E-state index < -0.39 is 0 Å². The monoisotopic (exact) mass is 446 g/mol. The van der Waals surface area contributed by atoms with E-state index in [0.717, 1.165) is 19.6 Å². The Morgan fingerprint density at radius 3 is 2.66 bits per heavy atom. The minimum atomic E-state index is -0.245. The molecular weight excluding hydrogens is 412 g/mol. The van der Waals surface area contributed by atoms with Gasteiger partial charge in [0, 0.05) is 51.4 Å². The first-order valence-electron chi connectivity index (χ1n) is 11.1. The Hall–Kier alpha value is -2.62. The molecule has 2 fully saturated rings. The number of morpholine rings is 2. The lowest BCUT2D eigenvalue weighted by Crippen LogP contribution is -2.53. The summed E-state index contributed by atoms with van der Waals surface area (Å²) in [6.07, 6.45) is 1.40. The van der Waals surface area contributed by atoms with Crippen molar-refractivity contribution in [2.45, 2.75) is 6.10 Å². The van der Waals surface area contributed by atoms with E-state index in [4.69, 9.17) is 14.2 Å². The van der Waals surface area contributed by atoms with Gasteiger partial charge in [-0.2, -0.15) is 0 Å². The van der Waals surface area contributed by atoms with E-state index in [-0.39, 0.29) is 18.0 Å². The average molecular weight is 447 g/mol. The third-order valence-corrected chi connectivity index (χ3v) is 5.66. The Morgan fingerprint density at radius 2 is 1.97 bits per heavy atom. The van der Waals surface area contributed by atoms with Crippen LogP contribution >= 0.6 is 0 Å². The summed E-state index contributed by atoms with van der Waals surface area (Å²) in [4.78, 5) is 31.5. The topological polar surface area (TPSA) is 83.6 Å². The first-order valence-corrected chi connectivity index (χ1v) is 11.1. The van der Waals surface area contributed by atoms with Crippen LogP contribution in [0.5, 0.6) is 5.75 Å². The average Bonchev–Trinajstić information content (AvgIpc) is 2.85. The summed E-state index contributed by atoms with van der Waals surface area (Å²) in [5.41, 5.74) is 0.601. The summed E-state index contributed by atoms with van der Waals surface area (Å²) < 4.78 is 16.6. The highest BCUT2D eigenvalue weighted by Crippen LogP contribution is 2.15. The number of methoxy groups -OCH3 is 1. The molecule has 0 radical (unpaired) electrons. The predicted octanol–water partition coefficient (Wildman–Crippen LogP) is 1.07. The number of hydrogen-bond acceptors (Lipinski definition) is 6. The first kappa shape index (κ1) is 24.0. The lowest BCUT2D eigenvalue weighted by molar-refractivity contribution is -0.0295. The maximum atomic E-state index is 13.3. The zero-order valence-corrected chi connectivity index (χ0v) is 18.8. The molecule has 2 aliphatic heterocycles. The number of urea groups is 1. The van der Waals surface area contributed by atoms with E-state index in [0.29, 0.717) is 63.9 Å². The van der Waals surface area contributed by atoms with Gasteiger partial charge in [0.25, 0.3) is 5.91 Å². The van der Waals surface area contributed by atoms with Crippen LogP contribution in [-0.4, -0.2) is 112 Å². The van der Waals surface area contributed by atoms with E-state index in [9.17, 15) is 9.59 Å². The zero-order chi connectivity index (χ0) is 22.8. The van der Waals surface area contributed by atoms with Crippen molar-refractivity contribution in [1.29, 1.82) is 0 Å². The second kappa shape index (κ2) is 12.4. The van der Waals surface area contributed by atoms with Crippen LogP contribution in [0.1, 0.15) is 10.4 Å². The van der Waals surface area contributed by atoms with Gasteiger partial charge in [-0.15, -0.1) is 6.58 Å². The Balaban J connectivity index is 1.65.